The lowest BCUT2D eigenvalue weighted by Crippen LogP contribution is -2.58. The van der Waals surface area contributed by atoms with E-state index in [1.807, 2.05) is 60.9 Å². The number of morpholine rings is 1. The summed E-state index contributed by atoms with van der Waals surface area (Å²) in [6.07, 6.45) is 1.76. The molecular formula is C35H52N4O6. The van der Waals surface area contributed by atoms with E-state index in [9.17, 15) is 14.4 Å². The number of rotatable bonds is 11. The number of unbranched alkanes of at least 4 members (excludes halogenated alkanes) is 1. The van der Waals surface area contributed by atoms with Crippen molar-refractivity contribution in [2.75, 3.05) is 59.7 Å². The van der Waals surface area contributed by atoms with Gasteiger partial charge in [0.1, 0.15) is 11.3 Å². The van der Waals surface area contributed by atoms with E-state index in [0.29, 0.717) is 64.7 Å². The topological polar surface area (TPSA) is 93.5 Å². The minimum absolute atomic E-state index is 0.00128. The number of nitrogens with zero attached hydrogens (tertiary/aromatic N) is 4. The molecule has 10 nitrogen and oxygen atoms in total. The van der Waals surface area contributed by atoms with Crippen molar-refractivity contribution in [2.45, 2.75) is 72.1 Å². The lowest BCUT2D eigenvalue weighted by atomic mass is 9.91. The normalized spacial score (nSPS) is 19.1. The SMILES string of the molecule is COCCCCn1c(C(=O)N(CC(C)C)[C@H]2C[C@@H](C(=O)N3CCOCC3)CN(C(=O)OC(C)(C)C)C2)ccc1-c1ccccc1. The first kappa shape index (κ1) is 34.5. The summed E-state index contributed by atoms with van der Waals surface area (Å²) in [5, 5.41) is 0. The van der Waals surface area contributed by atoms with Gasteiger partial charge in [-0.05, 0) is 63.6 Å². The van der Waals surface area contributed by atoms with E-state index in [2.05, 4.69) is 30.5 Å². The molecule has 2 saturated heterocycles. The molecule has 0 spiro atoms. The first-order chi connectivity index (χ1) is 21.5. The molecule has 3 amide bonds. The predicted octanol–water partition coefficient (Wildman–Crippen LogP) is 5.16. The monoisotopic (exact) mass is 624 g/mol. The van der Waals surface area contributed by atoms with Crippen molar-refractivity contribution >= 4 is 17.9 Å². The van der Waals surface area contributed by atoms with E-state index in [1.165, 1.54) is 0 Å². The largest absolute Gasteiger partial charge is 0.444 e. The number of carbonyl (C=O) groups is 3. The van der Waals surface area contributed by atoms with Crippen LogP contribution in [0.2, 0.25) is 0 Å². The van der Waals surface area contributed by atoms with E-state index in [-0.39, 0.29) is 30.3 Å². The summed E-state index contributed by atoms with van der Waals surface area (Å²) in [4.78, 5) is 47.2. The Bertz CT molecular complexity index is 1260. The number of carbonyl (C=O) groups excluding carboxylic acids is 3. The lowest BCUT2D eigenvalue weighted by molar-refractivity contribution is -0.142. The summed E-state index contributed by atoms with van der Waals surface area (Å²) in [5.41, 5.74) is 1.96. The van der Waals surface area contributed by atoms with Gasteiger partial charge < -0.3 is 33.5 Å². The third-order valence-electron chi connectivity index (χ3n) is 8.27. The quantitative estimate of drug-likeness (QED) is 0.321. The average Bonchev–Trinajstić information content (AvgIpc) is 3.45. The maximum absolute atomic E-state index is 14.7. The van der Waals surface area contributed by atoms with Gasteiger partial charge in [0.25, 0.3) is 5.91 Å². The summed E-state index contributed by atoms with van der Waals surface area (Å²) in [6, 6.07) is 13.7. The Morgan fingerprint density at radius 3 is 2.33 bits per heavy atom. The second-order valence-electron chi connectivity index (χ2n) is 13.6. The summed E-state index contributed by atoms with van der Waals surface area (Å²) in [5.74, 6) is -0.358. The van der Waals surface area contributed by atoms with Gasteiger partial charge >= 0.3 is 6.09 Å². The summed E-state index contributed by atoms with van der Waals surface area (Å²) < 4.78 is 18.6. The Hall–Kier alpha value is -3.37. The molecule has 4 rings (SSSR count). The first-order valence-electron chi connectivity index (χ1n) is 16.4. The zero-order valence-corrected chi connectivity index (χ0v) is 28.0. The second-order valence-corrected chi connectivity index (χ2v) is 13.6. The average molecular weight is 625 g/mol. The molecule has 0 unspecified atom stereocenters. The summed E-state index contributed by atoms with van der Waals surface area (Å²) in [7, 11) is 1.70. The van der Waals surface area contributed by atoms with Gasteiger partial charge in [-0.25, -0.2) is 4.79 Å². The number of aromatic nitrogens is 1. The van der Waals surface area contributed by atoms with E-state index in [1.54, 1.807) is 12.0 Å². The van der Waals surface area contributed by atoms with Crippen molar-refractivity contribution in [1.82, 2.24) is 19.3 Å². The number of benzene rings is 1. The second kappa shape index (κ2) is 15.8. The van der Waals surface area contributed by atoms with Crippen LogP contribution in [0.1, 0.15) is 64.4 Å². The Labute approximate surface area is 268 Å². The maximum Gasteiger partial charge on any atom is 0.410 e. The molecule has 2 aromatic rings. The van der Waals surface area contributed by atoms with Crippen molar-refractivity contribution in [1.29, 1.82) is 0 Å². The Morgan fingerprint density at radius 1 is 0.978 bits per heavy atom. The highest BCUT2D eigenvalue weighted by molar-refractivity contribution is 5.94. The van der Waals surface area contributed by atoms with Crippen molar-refractivity contribution in [3.63, 3.8) is 0 Å². The van der Waals surface area contributed by atoms with Crippen LogP contribution in [0.5, 0.6) is 0 Å². The van der Waals surface area contributed by atoms with Gasteiger partial charge in [0.05, 0.1) is 25.2 Å². The molecule has 2 aliphatic rings. The summed E-state index contributed by atoms with van der Waals surface area (Å²) >= 11 is 0. The fourth-order valence-electron chi connectivity index (χ4n) is 6.21. The molecule has 0 bridgehead atoms. The molecule has 3 heterocycles. The molecular weight excluding hydrogens is 572 g/mol. The van der Waals surface area contributed by atoms with Crippen LogP contribution in [0.25, 0.3) is 11.3 Å². The highest BCUT2D eigenvalue weighted by atomic mass is 16.6. The van der Waals surface area contributed by atoms with Crippen molar-refractivity contribution in [3.05, 3.63) is 48.2 Å². The Morgan fingerprint density at radius 2 is 1.69 bits per heavy atom. The Kier molecular flexibility index (Phi) is 12.1. The van der Waals surface area contributed by atoms with Crippen LogP contribution in [-0.4, -0.2) is 108 Å². The van der Waals surface area contributed by atoms with Crippen LogP contribution in [0.3, 0.4) is 0 Å². The van der Waals surface area contributed by atoms with Crippen molar-refractivity contribution in [2.24, 2.45) is 11.8 Å². The molecule has 0 radical (unpaired) electrons. The third kappa shape index (κ3) is 9.33. The molecule has 0 N–H and O–H groups in total. The number of hydrogen-bond acceptors (Lipinski definition) is 6. The molecule has 45 heavy (non-hydrogen) atoms. The number of methoxy groups -OCH3 is 1. The van der Waals surface area contributed by atoms with Crippen LogP contribution in [-0.2, 0) is 25.5 Å². The number of amides is 3. The molecule has 0 aliphatic carbocycles. The number of hydrogen-bond donors (Lipinski definition) is 0. The van der Waals surface area contributed by atoms with Crippen LogP contribution < -0.4 is 0 Å². The first-order valence-corrected chi connectivity index (χ1v) is 16.4. The standard InChI is InChI=1S/C35H52N4O6/c1-26(2)23-39(33(41)31-15-14-30(27-12-8-7-9-13-27)38(31)16-10-11-19-43-6)29-22-28(32(40)36-17-20-44-21-18-36)24-37(25-29)34(42)45-35(3,4)5/h7-9,12-15,26,28-29H,10-11,16-25H2,1-6H3/t28-,29+/m1/s1. The van der Waals surface area contributed by atoms with Gasteiger partial charge in [-0.15, -0.1) is 0 Å². The molecule has 1 aromatic heterocycles. The van der Waals surface area contributed by atoms with Gasteiger partial charge in [0.15, 0.2) is 0 Å². The van der Waals surface area contributed by atoms with Crippen molar-refractivity contribution in [3.8, 4) is 11.3 Å². The molecule has 2 atom stereocenters. The van der Waals surface area contributed by atoms with Gasteiger partial charge in [-0.3, -0.25) is 9.59 Å². The van der Waals surface area contributed by atoms with Crippen LogP contribution in [0.4, 0.5) is 4.79 Å². The third-order valence-corrected chi connectivity index (χ3v) is 8.27. The smallest absolute Gasteiger partial charge is 0.410 e. The van der Waals surface area contributed by atoms with Crippen LogP contribution >= 0.6 is 0 Å². The fourth-order valence-corrected chi connectivity index (χ4v) is 6.21. The molecule has 248 valence electrons. The van der Waals surface area contributed by atoms with Gasteiger partial charge in [-0.2, -0.15) is 0 Å². The van der Waals surface area contributed by atoms with Crippen LogP contribution in [0.15, 0.2) is 42.5 Å². The number of piperidine rings is 1. The molecule has 10 heteroatoms. The molecule has 0 saturated carbocycles. The molecule has 1 aromatic carbocycles. The predicted molar refractivity (Wildman–Crippen MR) is 174 cm³/mol. The lowest BCUT2D eigenvalue weighted by Gasteiger charge is -2.44. The van der Waals surface area contributed by atoms with Gasteiger partial charge in [0, 0.05) is 58.7 Å². The zero-order chi connectivity index (χ0) is 32.6. The number of likely N-dealkylation sites (tertiary alicyclic amines) is 1. The van der Waals surface area contributed by atoms with E-state index in [0.717, 1.165) is 24.1 Å². The molecule has 2 fully saturated rings. The van der Waals surface area contributed by atoms with E-state index in [4.69, 9.17) is 14.2 Å². The Balaban J connectivity index is 1.68. The van der Waals surface area contributed by atoms with E-state index >= 15 is 0 Å². The minimum Gasteiger partial charge on any atom is -0.444 e. The minimum atomic E-state index is -0.682. The maximum atomic E-state index is 14.7. The molecule has 2 aliphatic heterocycles. The van der Waals surface area contributed by atoms with Gasteiger partial charge in [0.2, 0.25) is 5.91 Å². The zero-order valence-electron chi connectivity index (χ0n) is 28.0. The number of ether oxygens (including phenoxy) is 3. The van der Waals surface area contributed by atoms with Crippen molar-refractivity contribution < 1.29 is 28.6 Å². The van der Waals surface area contributed by atoms with E-state index < -0.39 is 17.6 Å². The highest BCUT2D eigenvalue weighted by Gasteiger charge is 2.41. The highest BCUT2D eigenvalue weighted by Crippen LogP contribution is 2.29. The fraction of sp³-hybridized carbons (Fsp3) is 0.629. The van der Waals surface area contributed by atoms with Crippen LogP contribution in [0, 0.1) is 11.8 Å². The summed E-state index contributed by atoms with van der Waals surface area (Å²) in [6.45, 7) is 14.1. The van der Waals surface area contributed by atoms with Gasteiger partial charge in [-0.1, -0.05) is 44.2 Å².